The van der Waals surface area contributed by atoms with Crippen molar-refractivity contribution in [1.82, 2.24) is 10.2 Å². The predicted octanol–water partition coefficient (Wildman–Crippen LogP) is 2.67. The smallest absolute Gasteiger partial charge is 0.161 e. The molecular formula is C18H28N2O2. The molecule has 2 fully saturated rings. The monoisotopic (exact) mass is 304 g/mol. The average molecular weight is 304 g/mol. The van der Waals surface area contributed by atoms with Crippen molar-refractivity contribution in [3.63, 3.8) is 0 Å². The number of nitrogens with one attached hydrogen (secondary N) is 1. The van der Waals surface area contributed by atoms with Crippen molar-refractivity contribution in [1.29, 1.82) is 0 Å². The molecule has 122 valence electrons. The van der Waals surface area contributed by atoms with Crippen molar-refractivity contribution < 1.29 is 9.47 Å². The van der Waals surface area contributed by atoms with Crippen LogP contribution in [0.4, 0.5) is 0 Å². The van der Waals surface area contributed by atoms with Gasteiger partial charge in [0.2, 0.25) is 0 Å². The number of ether oxygens (including phenoxy) is 2. The van der Waals surface area contributed by atoms with Crippen LogP contribution in [0.5, 0.6) is 11.5 Å². The highest BCUT2D eigenvalue weighted by Crippen LogP contribution is 2.39. The Kier molecular flexibility index (Phi) is 4.89. The molecule has 0 aliphatic carbocycles. The van der Waals surface area contributed by atoms with Crippen LogP contribution in [0, 0.1) is 5.41 Å². The molecule has 2 heterocycles. The number of benzene rings is 1. The lowest BCUT2D eigenvalue weighted by atomic mass is 9.78. The van der Waals surface area contributed by atoms with E-state index in [4.69, 9.17) is 9.47 Å². The van der Waals surface area contributed by atoms with Crippen LogP contribution in [0.2, 0.25) is 0 Å². The molecule has 1 aromatic carbocycles. The quantitative estimate of drug-likeness (QED) is 0.907. The lowest BCUT2D eigenvalue weighted by Crippen LogP contribution is -2.38. The van der Waals surface area contributed by atoms with E-state index in [1.165, 1.54) is 51.0 Å². The molecule has 0 aromatic heterocycles. The molecule has 0 atom stereocenters. The van der Waals surface area contributed by atoms with Crippen molar-refractivity contribution in [3.05, 3.63) is 23.8 Å². The summed E-state index contributed by atoms with van der Waals surface area (Å²) in [5.74, 6) is 1.68. The van der Waals surface area contributed by atoms with Crippen molar-refractivity contribution in [2.45, 2.75) is 32.7 Å². The number of nitrogens with zero attached hydrogens (tertiary/aromatic N) is 1. The summed E-state index contributed by atoms with van der Waals surface area (Å²) in [6, 6.07) is 6.33. The minimum atomic E-state index is 0.570. The zero-order chi connectivity index (χ0) is 15.4. The molecule has 1 spiro atoms. The first-order valence-electron chi connectivity index (χ1n) is 8.47. The van der Waals surface area contributed by atoms with Gasteiger partial charge in [0, 0.05) is 13.1 Å². The summed E-state index contributed by atoms with van der Waals surface area (Å²) in [6.45, 7) is 8.50. The van der Waals surface area contributed by atoms with Crippen LogP contribution in [-0.2, 0) is 6.54 Å². The van der Waals surface area contributed by atoms with Gasteiger partial charge in [-0.15, -0.1) is 0 Å². The molecule has 2 aliphatic rings. The zero-order valence-corrected chi connectivity index (χ0v) is 13.9. The minimum absolute atomic E-state index is 0.570. The van der Waals surface area contributed by atoms with Crippen LogP contribution in [0.15, 0.2) is 18.2 Å². The molecule has 0 unspecified atom stereocenters. The highest BCUT2D eigenvalue weighted by Gasteiger charge is 2.38. The number of hydrogen-bond donors (Lipinski definition) is 1. The first-order valence-corrected chi connectivity index (χ1v) is 8.47. The van der Waals surface area contributed by atoms with Gasteiger partial charge in [-0.1, -0.05) is 6.07 Å². The molecule has 0 saturated carbocycles. The lowest BCUT2D eigenvalue weighted by molar-refractivity contribution is 0.194. The van der Waals surface area contributed by atoms with Crippen LogP contribution >= 0.6 is 0 Å². The van der Waals surface area contributed by atoms with Crippen molar-refractivity contribution >= 4 is 0 Å². The maximum absolute atomic E-state index is 5.60. The van der Waals surface area contributed by atoms with Crippen LogP contribution < -0.4 is 14.8 Å². The molecular weight excluding hydrogens is 276 g/mol. The van der Waals surface area contributed by atoms with Crippen LogP contribution in [0.3, 0.4) is 0 Å². The van der Waals surface area contributed by atoms with Gasteiger partial charge in [0.05, 0.1) is 13.7 Å². The molecule has 0 radical (unpaired) electrons. The normalized spacial score (nSPS) is 21.2. The van der Waals surface area contributed by atoms with E-state index in [0.29, 0.717) is 12.0 Å². The molecule has 4 nitrogen and oxygen atoms in total. The topological polar surface area (TPSA) is 33.7 Å². The lowest BCUT2D eigenvalue weighted by Gasteiger charge is -2.34. The molecule has 3 rings (SSSR count). The first kappa shape index (κ1) is 15.6. The van der Waals surface area contributed by atoms with Crippen molar-refractivity contribution in [2.24, 2.45) is 5.41 Å². The Morgan fingerprint density at radius 3 is 2.73 bits per heavy atom. The molecule has 2 aliphatic heterocycles. The number of hydrogen-bond acceptors (Lipinski definition) is 4. The van der Waals surface area contributed by atoms with Crippen LogP contribution in [0.1, 0.15) is 31.7 Å². The summed E-state index contributed by atoms with van der Waals surface area (Å²) in [7, 11) is 1.71. The van der Waals surface area contributed by atoms with Gasteiger partial charge >= 0.3 is 0 Å². The van der Waals surface area contributed by atoms with Gasteiger partial charge in [0.15, 0.2) is 11.5 Å². The average Bonchev–Trinajstić information content (AvgIpc) is 2.92. The predicted molar refractivity (Wildman–Crippen MR) is 88.6 cm³/mol. The Balaban J connectivity index is 1.64. The molecule has 1 aromatic rings. The SMILES string of the molecule is CCOc1ccc(CN2CCC3(CCNCC3)C2)cc1OC. The zero-order valence-electron chi connectivity index (χ0n) is 13.9. The molecule has 22 heavy (non-hydrogen) atoms. The second kappa shape index (κ2) is 6.88. The van der Waals surface area contributed by atoms with E-state index in [9.17, 15) is 0 Å². The fraction of sp³-hybridized carbons (Fsp3) is 0.667. The summed E-state index contributed by atoms with van der Waals surface area (Å²) >= 11 is 0. The summed E-state index contributed by atoms with van der Waals surface area (Å²) in [4.78, 5) is 2.60. The van der Waals surface area contributed by atoms with Gasteiger partial charge in [-0.3, -0.25) is 4.90 Å². The minimum Gasteiger partial charge on any atom is -0.493 e. The Morgan fingerprint density at radius 1 is 1.18 bits per heavy atom. The largest absolute Gasteiger partial charge is 0.493 e. The Morgan fingerprint density at radius 2 is 2.00 bits per heavy atom. The van der Waals surface area contributed by atoms with E-state index >= 15 is 0 Å². The Labute approximate surface area is 133 Å². The third-order valence-electron chi connectivity index (χ3n) is 5.12. The van der Waals surface area contributed by atoms with Gasteiger partial charge in [0.1, 0.15) is 0 Å². The van der Waals surface area contributed by atoms with Gasteiger partial charge < -0.3 is 14.8 Å². The summed E-state index contributed by atoms with van der Waals surface area (Å²) in [5.41, 5.74) is 1.88. The number of methoxy groups -OCH3 is 1. The summed E-state index contributed by atoms with van der Waals surface area (Å²) < 4.78 is 11.1. The van der Waals surface area contributed by atoms with Gasteiger partial charge in [-0.25, -0.2) is 0 Å². The van der Waals surface area contributed by atoms with Crippen molar-refractivity contribution in [2.75, 3.05) is 39.9 Å². The van der Waals surface area contributed by atoms with Gasteiger partial charge in [0.25, 0.3) is 0 Å². The Bertz CT molecular complexity index is 498. The second-order valence-electron chi connectivity index (χ2n) is 6.63. The fourth-order valence-electron chi connectivity index (χ4n) is 3.87. The Hall–Kier alpha value is -1.26. The van der Waals surface area contributed by atoms with E-state index in [1.54, 1.807) is 7.11 Å². The molecule has 1 N–H and O–H groups in total. The first-order chi connectivity index (χ1) is 10.7. The molecule has 0 bridgehead atoms. The van der Waals surface area contributed by atoms with Crippen LogP contribution in [-0.4, -0.2) is 44.8 Å². The summed E-state index contributed by atoms with van der Waals surface area (Å²) in [6.07, 6.45) is 4.01. The van der Waals surface area contributed by atoms with Gasteiger partial charge in [-0.05, 0) is 68.9 Å². The standard InChI is InChI=1S/C18H28N2O2/c1-3-22-16-5-4-15(12-17(16)21-2)13-20-11-8-18(14-20)6-9-19-10-7-18/h4-5,12,19H,3,6-11,13-14H2,1-2H3. The van der Waals surface area contributed by atoms with Gasteiger partial charge in [-0.2, -0.15) is 0 Å². The van der Waals surface area contributed by atoms with E-state index < -0.39 is 0 Å². The van der Waals surface area contributed by atoms with E-state index in [0.717, 1.165) is 18.0 Å². The van der Waals surface area contributed by atoms with Crippen molar-refractivity contribution in [3.8, 4) is 11.5 Å². The van der Waals surface area contributed by atoms with E-state index in [-0.39, 0.29) is 0 Å². The van der Waals surface area contributed by atoms with E-state index in [1.807, 2.05) is 13.0 Å². The van der Waals surface area contributed by atoms with E-state index in [2.05, 4.69) is 22.3 Å². The van der Waals surface area contributed by atoms with Crippen LogP contribution in [0.25, 0.3) is 0 Å². The third-order valence-corrected chi connectivity index (χ3v) is 5.12. The number of rotatable bonds is 5. The molecule has 2 saturated heterocycles. The maximum atomic E-state index is 5.60. The fourth-order valence-corrected chi connectivity index (χ4v) is 3.87. The highest BCUT2D eigenvalue weighted by molar-refractivity contribution is 5.43. The maximum Gasteiger partial charge on any atom is 0.161 e. The molecule has 4 heteroatoms. The summed E-state index contributed by atoms with van der Waals surface area (Å²) in [5, 5.41) is 3.48. The third kappa shape index (κ3) is 3.39. The number of piperidine rings is 1. The highest BCUT2D eigenvalue weighted by atomic mass is 16.5. The number of likely N-dealkylation sites (tertiary alicyclic amines) is 1. The second-order valence-corrected chi connectivity index (χ2v) is 6.63. The molecule has 0 amide bonds.